The fourth-order valence-corrected chi connectivity index (χ4v) is 7.78. The van der Waals surface area contributed by atoms with Crippen molar-refractivity contribution in [3.05, 3.63) is 130 Å². The molecule has 4 unspecified atom stereocenters. The first-order valence-electron chi connectivity index (χ1n) is 22.6. The summed E-state index contributed by atoms with van der Waals surface area (Å²) in [7, 11) is 0. The Bertz CT molecular complexity index is 2020. The van der Waals surface area contributed by atoms with Gasteiger partial charge in [-0.25, -0.2) is 0 Å². The molecule has 8 heteroatoms. The van der Waals surface area contributed by atoms with Gasteiger partial charge in [-0.15, -0.1) is 0 Å². The first kappa shape index (κ1) is 47.7. The molecular formula is C54H74O8. The van der Waals surface area contributed by atoms with Crippen LogP contribution in [-0.2, 0) is 50.5 Å². The Morgan fingerprint density at radius 1 is 0.500 bits per heavy atom. The molecule has 338 valence electrons. The van der Waals surface area contributed by atoms with Crippen LogP contribution in [0.1, 0.15) is 137 Å². The summed E-state index contributed by atoms with van der Waals surface area (Å²) in [6, 6.07) is 34.3. The van der Waals surface area contributed by atoms with Crippen LogP contribution in [0.25, 0.3) is 0 Å². The van der Waals surface area contributed by atoms with Gasteiger partial charge >= 0.3 is 0 Å². The minimum Gasteiger partial charge on any atom is -0.491 e. The molecule has 0 amide bonds. The lowest BCUT2D eigenvalue weighted by molar-refractivity contribution is -0.186. The minimum atomic E-state index is -0.535. The number of hydrogen-bond acceptors (Lipinski definition) is 8. The first-order valence-corrected chi connectivity index (χ1v) is 22.6. The topological polar surface area (TPSA) is 80.4 Å². The van der Waals surface area contributed by atoms with Crippen LogP contribution < -0.4 is 9.47 Å². The minimum absolute atomic E-state index is 0.177. The Balaban J connectivity index is 0.949. The van der Waals surface area contributed by atoms with Crippen LogP contribution in [0.2, 0.25) is 0 Å². The van der Waals surface area contributed by atoms with Gasteiger partial charge in [0.05, 0.1) is 54.9 Å². The SMILES string of the molecule is CC(Oc1ccc(C(C)(C)c2ccc(C(C)(C)OCC3CO3)cc2)cc1)OC(C)(C)CCOC(C)(C)C(C)OC(C)(C)c1ccc(C(C)(C)c2ccc(OCC3CO3)cc2)cc1. The van der Waals surface area contributed by atoms with Crippen molar-refractivity contribution in [2.24, 2.45) is 0 Å². The fraction of sp³-hybridized carbons (Fsp3) is 0.556. The van der Waals surface area contributed by atoms with Gasteiger partial charge in [0.15, 0.2) is 6.29 Å². The second-order valence-corrected chi connectivity index (χ2v) is 20.5. The highest BCUT2D eigenvalue weighted by Crippen LogP contribution is 2.38. The van der Waals surface area contributed by atoms with Crippen molar-refractivity contribution in [1.29, 1.82) is 0 Å². The predicted molar refractivity (Wildman–Crippen MR) is 247 cm³/mol. The number of hydrogen-bond donors (Lipinski definition) is 0. The Labute approximate surface area is 372 Å². The Hall–Kier alpha value is -3.76. The van der Waals surface area contributed by atoms with E-state index in [1.807, 2.05) is 31.2 Å². The zero-order valence-electron chi connectivity index (χ0n) is 40.1. The van der Waals surface area contributed by atoms with E-state index in [0.29, 0.717) is 26.2 Å². The summed E-state index contributed by atoms with van der Waals surface area (Å²) >= 11 is 0. The van der Waals surface area contributed by atoms with Gasteiger partial charge in [0.25, 0.3) is 0 Å². The molecule has 0 bridgehead atoms. The van der Waals surface area contributed by atoms with Gasteiger partial charge in [0.1, 0.15) is 30.3 Å². The summed E-state index contributed by atoms with van der Waals surface area (Å²) in [5, 5.41) is 0. The van der Waals surface area contributed by atoms with E-state index in [9.17, 15) is 0 Å². The molecule has 0 saturated carbocycles. The van der Waals surface area contributed by atoms with Crippen LogP contribution in [0.5, 0.6) is 11.5 Å². The predicted octanol–water partition coefficient (Wildman–Crippen LogP) is 11.8. The summed E-state index contributed by atoms with van der Waals surface area (Å²) in [4.78, 5) is 0. The molecule has 4 aromatic rings. The number of ether oxygens (including phenoxy) is 8. The summed E-state index contributed by atoms with van der Waals surface area (Å²) in [5.41, 5.74) is 4.89. The number of epoxide rings is 2. The highest BCUT2D eigenvalue weighted by atomic mass is 16.7. The molecule has 2 saturated heterocycles. The maximum Gasteiger partial charge on any atom is 0.197 e. The van der Waals surface area contributed by atoms with Crippen LogP contribution in [0.3, 0.4) is 0 Å². The molecule has 0 N–H and O–H groups in total. The maximum atomic E-state index is 6.75. The van der Waals surface area contributed by atoms with Gasteiger partial charge in [-0.1, -0.05) is 100 Å². The van der Waals surface area contributed by atoms with E-state index in [-0.39, 0.29) is 34.7 Å². The third kappa shape index (κ3) is 12.5. The molecule has 4 aromatic carbocycles. The second-order valence-electron chi connectivity index (χ2n) is 20.5. The summed E-state index contributed by atoms with van der Waals surface area (Å²) in [6.07, 6.45) is 0.542. The van der Waals surface area contributed by atoms with Crippen molar-refractivity contribution >= 4 is 0 Å². The molecule has 0 aliphatic carbocycles. The quantitative estimate of drug-likeness (QED) is 0.0539. The average Bonchev–Trinajstić information content (AvgIpc) is 4.16. The first-order chi connectivity index (χ1) is 29.0. The van der Waals surface area contributed by atoms with E-state index in [1.165, 1.54) is 22.3 Å². The summed E-state index contributed by atoms with van der Waals surface area (Å²) in [5.74, 6) is 1.64. The van der Waals surface area contributed by atoms with Crippen LogP contribution in [0, 0.1) is 0 Å². The number of benzene rings is 4. The van der Waals surface area contributed by atoms with Crippen molar-refractivity contribution in [3.63, 3.8) is 0 Å². The van der Waals surface area contributed by atoms with Crippen molar-refractivity contribution in [3.8, 4) is 11.5 Å². The van der Waals surface area contributed by atoms with Crippen LogP contribution in [0.4, 0.5) is 0 Å². The maximum absolute atomic E-state index is 6.75. The van der Waals surface area contributed by atoms with E-state index in [4.69, 9.17) is 37.9 Å². The van der Waals surface area contributed by atoms with Crippen LogP contribution >= 0.6 is 0 Å². The van der Waals surface area contributed by atoms with Gasteiger partial charge in [0, 0.05) is 10.8 Å². The molecule has 2 heterocycles. The van der Waals surface area contributed by atoms with Crippen LogP contribution in [-0.4, -0.2) is 68.8 Å². The molecule has 2 aliphatic heterocycles. The molecule has 0 radical (unpaired) electrons. The third-order valence-electron chi connectivity index (χ3n) is 13.0. The van der Waals surface area contributed by atoms with E-state index in [2.05, 4.69) is 163 Å². The molecule has 6 rings (SSSR count). The zero-order chi connectivity index (χ0) is 45.1. The van der Waals surface area contributed by atoms with Gasteiger partial charge < -0.3 is 37.9 Å². The lowest BCUT2D eigenvalue weighted by atomic mass is 9.77. The molecule has 8 nitrogen and oxygen atoms in total. The third-order valence-corrected chi connectivity index (χ3v) is 13.0. The summed E-state index contributed by atoms with van der Waals surface area (Å²) in [6.45, 7) is 33.2. The molecule has 4 atom stereocenters. The van der Waals surface area contributed by atoms with Crippen molar-refractivity contribution in [2.45, 2.75) is 161 Å². The largest absolute Gasteiger partial charge is 0.491 e. The zero-order valence-corrected chi connectivity index (χ0v) is 40.1. The van der Waals surface area contributed by atoms with E-state index in [1.54, 1.807) is 0 Å². The molecule has 2 aliphatic rings. The smallest absolute Gasteiger partial charge is 0.197 e. The molecule has 2 fully saturated rings. The Kier molecular flexibility index (Phi) is 14.4. The van der Waals surface area contributed by atoms with E-state index >= 15 is 0 Å². The van der Waals surface area contributed by atoms with E-state index in [0.717, 1.165) is 35.8 Å². The average molecular weight is 851 g/mol. The molecule has 0 spiro atoms. The second kappa shape index (κ2) is 18.8. The molecule has 62 heavy (non-hydrogen) atoms. The van der Waals surface area contributed by atoms with Gasteiger partial charge in [-0.3, -0.25) is 0 Å². The number of rotatable bonds is 23. The fourth-order valence-electron chi connectivity index (χ4n) is 7.78. The van der Waals surface area contributed by atoms with Gasteiger partial charge in [0.2, 0.25) is 0 Å². The van der Waals surface area contributed by atoms with Gasteiger partial charge in [-0.2, -0.15) is 0 Å². The van der Waals surface area contributed by atoms with Crippen molar-refractivity contribution in [2.75, 3.05) is 33.0 Å². The summed E-state index contributed by atoms with van der Waals surface area (Å²) < 4.78 is 48.5. The van der Waals surface area contributed by atoms with Crippen LogP contribution in [0.15, 0.2) is 97.1 Å². The van der Waals surface area contributed by atoms with E-state index < -0.39 is 23.1 Å². The Morgan fingerprint density at radius 2 is 0.903 bits per heavy atom. The Morgan fingerprint density at radius 3 is 1.37 bits per heavy atom. The standard InChI is InChI=1S/C54H74O8/c1-37(61-54(13,14)44-21-17-40(18-22-44)50(5,6)41-23-27-45(28-24-41)55-33-47-34-56-47)52(9,10)58-32-31-49(3,4)62-38(2)60-46-29-25-42(26-30-46)51(7,8)39-15-19-43(20-16-39)53(11,12)59-36-48-35-57-48/h15-30,37-38,47-48H,31-36H2,1-14H3. The highest BCUT2D eigenvalue weighted by Gasteiger charge is 2.36. The normalized spacial score (nSPS) is 18.3. The van der Waals surface area contributed by atoms with Gasteiger partial charge in [-0.05, 0) is 133 Å². The lowest BCUT2D eigenvalue weighted by Crippen LogP contribution is -2.44. The molecular weight excluding hydrogens is 777 g/mol. The van der Waals surface area contributed by atoms with Crippen molar-refractivity contribution < 1.29 is 37.9 Å². The monoisotopic (exact) mass is 851 g/mol. The molecule has 0 aromatic heterocycles. The highest BCUT2D eigenvalue weighted by molar-refractivity contribution is 5.43. The van der Waals surface area contributed by atoms with Crippen molar-refractivity contribution in [1.82, 2.24) is 0 Å². The lowest BCUT2D eigenvalue weighted by Gasteiger charge is -2.39.